The van der Waals surface area contributed by atoms with E-state index < -0.39 is 0 Å². The van der Waals surface area contributed by atoms with Gasteiger partial charge >= 0.3 is 0 Å². The normalized spacial score (nSPS) is 20.0. The first kappa shape index (κ1) is 34.3. The standard InChI is InChI=1S/C53H48BN3/c1-35-32-48-50-49(33-35)56(39-26-24-37(25-27-39)51(2,3)4)47-34-40(28-29-44(47)54(50)43-21-13-15-23-46(43)55(48)38-17-8-7-9-18-38)57-45-22-14-12-20-42(45)52(5)31-30-36-16-10-11-19-41(36)53(52,57)6/h7-29,32-34H,30-31H2,1-6H3. The van der Waals surface area contributed by atoms with Crippen LogP contribution in [0.3, 0.4) is 0 Å². The van der Waals surface area contributed by atoms with Gasteiger partial charge in [0.15, 0.2) is 0 Å². The van der Waals surface area contributed by atoms with E-state index >= 15 is 0 Å². The summed E-state index contributed by atoms with van der Waals surface area (Å²) in [6.45, 7) is 14.2. The van der Waals surface area contributed by atoms with Gasteiger partial charge in [0.05, 0.1) is 5.54 Å². The number of fused-ring (bicyclic) bond motifs is 9. The largest absolute Gasteiger partial charge is 0.330 e. The molecule has 0 saturated carbocycles. The molecule has 0 spiro atoms. The maximum Gasteiger partial charge on any atom is 0.252 e. The quantitative estimate of drug-likeness (QED) is 0.167. The monoisotopic (exact) mass is 737 g/mol. The number of hydrogen-bond donors (Lipinski definition) is 0. The fourth-order valence-corrected chi connectivity index (χ4v) is 11.1. The Bertz CT molecular complexity index is 2750. The van der Waals surface area contributed by atoms with Crippen molar-refractivity contribution in [2.75, 3.05) is 14.7 Å². The first-order chi connectivity index (χ1) is 27.6. The number of hydrogen-bond acceptors (Lipinski definition) is 3. The molecule has 0 radical (unpaired) electrons. The summed E-state index contributed by atoms with van der Waals surface area (Å²) >= 11 is 0. The molecule has 57 heavy (non-hydrogen) atoms. The lowest BCUT2D eigenvalue weighted by Gasteiger charge is -2.51. The molecule has 7 aromatic rings. The van der Waals surface area contributed by atoms with Crippen LogP contribution in [0.5, 0.6) is 0 Å². The number of nitrogens with zero attached hydrogens (tertiary/aromatic N) is 3. The van der Waals surface area contributed by atoms with E-state index in [4.69, 9.17) is 0 Å². The first-order valence-electron chi connectivity index (χ1n) is 20.7. The van der Waals surface area contributed by atoms with Crippen molar-refractivity contribution in [2.45, 2.75) is 70.8 Å². The minimum absolute atomic E-state index is 0.0561. The minimum Gasteiger partial charge on any atom is -0.330 e. The van der Waals surface area contributed by atoms with Gasteiger partial charge in [0.25, 0.3) is 6.71 Å². The highest BCUT2D eigenvalue weighted by Crippen LogP contribution is 2.64. The Hall–Kier alpha value is -6.00. The number of rotatable bonds is 3. The van der Waals surface area contributed by atoms with Gasteiger partial charge in [-0.2, -0.15) is 0 Å². The Balaban J connectivity index is 1.19. The van der Waals surface area contributed by atoms with Crippen molar-refractivity contribution >= 4 is 68.6 Å². The summed E-state index contributed by atoms with van der Waals surface area (Å²) in [5.41, 5.74) is 20.6. The molecule has 2 atom stereocenters. The predicted octanol–water partition coefficient (Wildman–Crippen LogP) is 11.6. The van der Waals surface area contributed by atoms with Crippen molar-refractivity contribution in [1.82, 2.24) is 0 Å². The first-order valence-corrected chi connectivity index (χ1v) is 20.7. The molecular formula is C53H48BN3. The molecule has 1 aliphatic carbocycles. The van der Waals surface area contributed by atoms with Crippen LogP contribution in [0.25, 0.3) is 0 Å². The van der Waals surface area contributed by atoms with Crippen molar-refractivity contribution in [2.24, 2.45) is 0 Å². The smallest absolute Gasteiger partial charge is 0.252 e. The molecule has 0 amide bonds. The maximum absolute atomic E-state index is 2.70. The topological polar surface area (TPSA) is 9.72 Å². The van der Waals surface area contributed by atoms with Crippen LogP contribution in [-0.4, -0.2) is 6.71 Å². The average Bonchev–Trinajstić information content (AvgIpc) is 3.44. The van der Waals surface area contributed by atoms with Crippen LogP contribution in [0, 0.1) is 6.92 Å². The van der Waals surface area contributed by atoms with E-state index in [0.29, 0.717) is 0 Å². The summed E-state index contributed by atoms with van der Waals surface area (Å²) < 4.78 is 0. The Labute approximate surface area is 338 Å². The highest BCUT2D eigenvalue weighted by molar-refractivity contribution is 7.00. The second-order valence-electron chi connectivity index (χ2n) is 18.2. The van der Waals surface area contributed by atoms with Crippen LogP contribution < -0.4 is 31.1 Å². The third kappa shape index (κ3) is 4.67. The van der Waals surface area contributed by atoms with Gasteiger partial charge < -0.3 is 14.7 Å². The predicted molar refractivity (Wildman–Crippen MR) is 242 cm³/mol. The molecule has 3 heterocycles. The zero-order valence-corrected chi connectivity index (χ0v) is 33.8. The summed E-state index contributed by atoms with van der Waals surface area (Å²) in [4.78, 5) is 7.76. The van der Waals surface area contributed by atoms with Crippen molar-refractivity contribution in [3.05, 3.63) is 186 Å². The van der Waals surface area contributed by atoms with E-state index in [0.717, 1.165) is 12.8 Å². The zero-order chi connectivity index (χ0) is 38.8. The fraction of sp³-hybridized carbons (Fsp3) is 0.208. The molecule has 0 N–H and O–H groups in total. The van der Waals surface area contributed by atoms with Crippen molar-refractivity contribution in [3.8, 4) is 0 Å². The molecule has 7 aromatic carbocycles. The molecule has 3 nitrogen and oxygen atoms in total. The number of anilines is 8. The van der Waals surface area contributed by atoms with Crippen molar-refractivity contribution in [3.63, 3.8) is 0 Å². The second-order valence-corrected chi connectivity index (χ2v) is 18.2. The Morgan fingerprint density at radius 1 is 0.526 bits per heavy atom. The lowest BCUT2D eigenvalue weighted by molar-refractivity contribution is 0.245. The molecule has 3 aliphatic heterocycles. The molecule has 11 rings (SSSR count). The lowest BCUT2D eigenvalue weighted by Crippen LogP contribution is -2.61. The fourth-order valence-electron chi connectivity index (χ4n) is 11.1. The maximum atomic E-state index is 2.70. The van der Waals surface area contributed by atoms with Crippen molar-refractivity contribution < 1.29 is 0 Å². The average molecular weight is 738 g/mol. The van der Waals surface area contributed by atoms with E-state index in [1.54, 1.807) is 0 Å². The molecule has 4 aliphatic rings. The number of para-hydroxylation sites is 3. The highest BCUT2D eigenvalue weighted by Gasteiger charge is 2.60. The molecule has 0 aromatic heterocycles. The molecule has 0 bridgehead atoms. The van der Waals surface area contributed by atoms with Crippen LogP contribution in [0.2, 0.25) is 0 Å². The van der Waals surface area contributed by atoms with Crippen molar-refractivity contribution in [1.29, 1.82) is 0 Å². The summed E-state index contributed by atoms with van der Waals surface area (Å²) in [5, 5.41) is 0. The van der Waals surface area contributed by atoms with Gasteiger partial charge in [0.1, 0.15) is 0 Å². The van der Waals surface area contributed by atoms with Gasteiger partial charge in [-0.05, 0) is 137 Å². The van der Waals surface area contributed by atoms with Gasteiger partial charge in [-0.1, -0.05) is 125 Å². The molecule has 278 valence electrons. The van der Waals surface area contributed by atoms with Gasteiger partial charge in [0, 0.05) is 50.9 Å². The number of aryl methyl sites for hydroxylation is 2. The van der Waals surface area contributed by atoms with Crippen LogP contribution in [-0.2, 0) is 22.8 Å². The third-order valence-electron chi connectivity index (χ3n) is 14.1. The van der Waals surface area contributed by atoms with Crippen LogP contribution in [0.4, 0.5) is 45.5 Å². The van der Waals surface area contributed by atoms with Gasteiger partial charge in [-0.25, -0.2) is 0 Å². The number of benzene rings is 7. The van der Waals surface area contributed by atoms with Gasteiger partial charge in [-0.3, -0.25) is 0 Å². The summed E-state index contributed by atoms with van der Waals surface area (Å²) in [7, 11) is 0. The van der Waals surface area contributed by atoms with E-state index in [9.17, 15) is 0 Å². The summed E-state index contributed by atoms with van der Waals surface area (Å²) in [5.74, 6) is 0. The Kier molecular flexibility index (Phi) is 7.22. The second kappa shape index (κ2) is 12.0. The highest BCUT2D eigenvalue weighted by atomic mass is 15.3. The Morgan fingerprint density at radius 3 is 1.84 bits per heavy atom. The lowest BCUT2D eigenvalue weighted by atomic mass is 9.33. The van der Waals surface area contributed by atoms with Crippen LogP contribution in [0.15, 0.2) is 158 Å². The minimum atomic E-state index is -0.275. The van der Waals surface area contributed by atoms with E-state index in [2.05, 4.69) is 214 Å². The SMILES string of the molecule is Cc1cc2c3c(c1)N(c1ccc(C(C)(C)C)cc1)c1cc(N4c5ccccc5C5(C)CCc6ccccc6C45C)ccc1B3c1ccccc1N2c1ccccc1. The molecule has 4 heteroatoms. The van der Waals surface area contributed by atoms with E-state index in [1.165, 1.54) is 89.7 Å². The van der Waals surface area contributed by atoms with E-state index in [-0.39, 0.29) is 23.1 Å². The molecular weight excluding hydrogens is 689 g/mol. The Morgan fingerprint density at radius 2 is 1.11 bits per heavy atom. The van der Waals surface area contributed by atoms with Gasteiger partial charge in [0.2, 0.25) is 0 Å². The summed E-state index contributed by atoms with van der Waals surface area (Å²) in [6, 6.07) is 60.0. The third-order valence-corrected chi connectivity index (χ3v) is 14.1. The zero-order valence-electron chi connectivity index (χ0n) is 33.8. The van der Waals surface area contributed by atoms with Crippen LogP contribution in [0.1, 0.15) is 68.9 Å². The van der Waals surface area contributed by atoms with Gasteiger partial charge in [-0.15, -0.1) is 0 Å². The van der Waals surface area contributed by atoms with E-state index in [1.807, 2.05) is 0 Å². The molecule has 0 saturated heterocycles. The molecule has 0 fully saturated rings. The van der Waals surface area contributed by atoms with Crippen LogP contribution >= 0.6 is 0 Å². The summed E-state index contributed by atoms with van der Waals surface area (Å²) in [6.07, 6.45) is 2.20. The molecule has 2 unspecified atom stereocenters.